The lowest BCUT2D eigenvalue weighted by molar-refractivity contribution is 0.0997. The van der Waals surface area contributed by atoms with Gasteiger partial charge >= 0.3 is 0 Å². The quantitative estimate of drug-likeness (QED) is 0.705. The third kappa shape index (κ3) is 3.16. The Morgan fingerprint density at radius 3 is 2.58 bits per heavy atom. The van der Waals surface area contributed by atoms with Crippen LogP contribution in [0.3, 0.4) is 0 Å². The van der Waals surface area contributed by atoms with Gasteiger partial charge in [-0.3, -0.25) is 9.48 Å². The van der Waals surface area contributed by atoms with E-state index < -0.39 is 5.91 Å². The molecular weight excluding hydrogens is 334 g/mol. The van der Waals surface area contributed by atoms with Crippen molar-refractivity contribution in [1.82, 2.24) is 14.8 Å². The molecule has 2 aromatic heterocycles. The molecule has 0 aliphatic heterocycles. The first-order valence-corrected chi connectivity index (χ1v) is 7.82. The summed E-state index contributed by atoms with van der Waals surface area (Å²) < 4.78 is 12.5. The fourth-order valence-corrected chi connectivity index (χ4v) is 2.70. The number of primary amides is 1. The van der Waals surface area contributed by atoms with Gasteiger partial charge in [0.25, 0.3) is 5.91 Å². The third-order valence-electron chi connectivity index (χ3n) is 3.83. The number of nitrogens with one attached hydrogen (secondary N) is 1. The van der Waals surface area contributed by atoms with E-state index in [1.807, 2.05) is 37.5 Å². The predicted molar refractivity (Wildman–Crippen MR) is 97.8 cm³/mol. The molecule has 1 amide bonds. The second-order valence-electron chi connectivity index (χ2n) is 5.49. The molecule has 0 radical (unpaired) electrons. The number of benzene rings is 1. The van der Waals surface area contributed by atoms with E-state index in [-0.39, 0.29) is 11.4 Å². The number of pyridine rings is 1. The molecule has 1 aromatic carbocycles. The predicted octanol–water partition coefficient (Wildman–Crippen LogP) is 2.34. The summed E-state index contributed by atoms with van der Waals surface area (Å²) in [5, 5.41) is 7.60. The normalized spacial score (nSPS) is 10.4. The van der Waals surface area contributed by atoms with Crippen molar-refractivity contribution in [3.8, 4) is 22.9 Å². The third-order valence-corrected chi connectivity index (χ3v) is 3.83. The number of hydrogen-bond donors (Lipinski definition) is 2. The van der Waals surface area contributed by atoms with Crippen molar-refractivity contribution in [2.24, 2.45) is 12.8 Å². The number of amides is 1. The Bertz CT molecular complexity index is 952. The van der Waals surface area contributed by atoms with Crippen LogP contribution in [-0.4, -0.2) is 34.9 Å². The Morgan fingerprint density at radius 2 is 1.96 bits per heavy atom. The number of anilines is 2. The minimum Gasteiger partial charge on any atom is -0.494 e. The molecule has 0 aliphatic carbocycles. The van der Waals surface area contributed by atoms with E-state index in [1.54, 1.807) is 17.9 Å². The van der Waals surface area contributed by atoms with Gasteiger partial charge in [0.2, 0.25) is 5.88 Å². The van der Waals surface area contributed by atoms with Gasteiger partial charge in [-0.15, -0.1) is 0 Å². The average molecular weight is 353 g/mol. The number of nitrogens with two attached hydrogens (primary N) is 1. The van der Waals surface area contributed by atoms with E-state index in [0.29, 0.717) is 17.1 Å². The van der Waals surface area contributed by atoms with Crippen molar-refractivity contribution in [1.29, 1.82) is 0 Å². The lowest BCUT2D eigenvalue weighted by atomic mass is 10.1. The van der Waals surface area contributed by atoms with Crippen LogP contribution in [0, 0.1) is 0 Å². The fraction of sp³-hybridized carbons (Fsp3) is 0.167. The van der Waals surface area contributed by atoms with Gasteiger partial charge in [-0.25, -0.2) is 4.98 Å². The maximum atomic E-state index is 11.9. The van der Waals surface area contributed by atoms with Gasteiger partial charge in [0.15, 0.2) is 5.75 Å². The first-order valence-electron chi connectivity index (χ1n) is 7.82. The largest absolute Gasteiger partial charge is 0.494 e. The number of methoxy groups -OCH3 is 2. The lowest BCUT2D eigenvalue weighted by Gasteiger charge is -2.16. The molecule has 8 nitrogen and oxygen atoms in total. The second kappa shape index (κ2) is 7.14. The van der Waals surface area contributed by atoms with Crippen LogP contribution in [-0.2, 0) is 7.05 Å². The monoisotopic (exact) mass is 353 g/mol. The van der Waals surface area contributed by atoms with Gasteiger partial charge in [-0.1, -0.05) is 6.07 Å². The zero-order valence-corrected chi connectivity index (χ0v) is 14.7. The molecule has 0 fully saturated rings. The van der Waals surface area contributed by atoms with Crippen LogP contribution in [0.5, 0.6) is 11.6 Å². The van der Waals surface area contributed by atoms with Crippen LogP contribution in [0.2, 0.25) is 0 Å². The van der Waals surface area contributed by atoms with Crippen LogP contribution >= 0.6 is 0 Å². The number of para-hydroxylation sites is 1. The Kier molecular flexibility index (Phi) is 4.74. The maximum Gasteiger partial charge on any atom is 0.256 e. The number of nitrogens with zero attached hydrogens (tertiary/aromatic N) is 3. The van der Waals surface area contributed by atoms with Crippen molar-refractivity contribution < 1.29 is 14.3 Å². The number of aromatic nitrogens is 3. The molecule has 134 valence electrons. The standard InChI is InChI=1S/C18H19N5O3/c1-23-10-8-12(22-23)11-5-4-6-14(16(11)25-2)21-13-7-9-20-18(26-3)15(13)17(19)24/h4-10H,1-3H3,(H2,19,24)(H,20,21). The number of aryl methyl sites for hydroxylation is 1. The molecule has 2 heterocycles. The molecule has 3 aromatic rings. The smallest absolute Gasteiger partial charge is 0.256 e. The Morgan fingerprint density at radius 1 is 1.15 bits per heavy atom. The number of carbonyl (C=O) groups is 1. The number of rotatable bonds is 6. The summed E-state index contributed by atoms with van der Waals surface area (Å²) >= 11 is 0. The van der Waals surface area contributed by atoms with Crippen molar-refractivity contribution in [2.75, 3.05) is 19.5 Å². The van der Waals surface area contributed by atoms with E-state index in [4.69, 9.17) is 15.2 Å². The van der Waals surface area contributed by atoms with Crippen LogP contribution in [0.15, 0.2) is 42.7 Å². The van der Waals surface area contributed by atoms with Gasteiger partial charge < -0.3 is 20.5 Å². The minimum absolute atomic E-state index is 0.155. The molecule has 26 heavy (non-hydrogen) atoms. The first-order chi connectivity index (χ1) is 12.5. The fourth-order valence-electron chi connectivity index (χ4n) is 2.70. The molecule has 0 saturated heterocycles. The Labute approximate surface area is 150 Å². The van der Waals surface area contributed by atoms with Gasteiger partial charge in [-0.2, -0.15) is 5.10 Å². The maximum absolute atomic E-state index is 11.9. The van der Waals surface area contributed by atoms with Gasteiger partial charge in [0.1, 0.15) is 5.56 Å². The Balaban J connectivity index is 2.08. The number of hydrogen-bond acceptors (Lipinski definition) is 6. The molecule has 0 unspecified atom stereocenters. The van der Waals surface area contributed by atoms with Gasteiger partial charge in [-0.05, 0) is 24.3 Å². The molecule has 0 saturated carbocycles. The van der Waals surface area contributed by atoms with Crippen molar-refractivity contribution in [2.45, 2.75) is 0 Å². The van der Waals surface area contributed by atoms with Crippen LogP contribution in [0.4, 0.5) is 11.4 Å². The molecule has 3 N–H and O–H groups in total. The van der Waals surface area contributed by atoms with Crippen molar-refractivity contribution in [3.63, 3.8) is 0 Å². The van der Waals surface area contributed by atoms with Crippen LogP contribution in [0.25, 0.3) is 11.3 Å². The molecule has 8 heteroatoms. The van der Waals surface area contributed by atoms with Crippen molar-refractivity contribution in [3.05, 3.63) is 48.3 Å². The summed E-state index contributed by atoms with van der Waals surface area (Å²) in [7, 11) is 4.86. The first kappa shape index (κ1) is 17.3. The highest BCUT2D eigenvalue weighted by Gasteiger charge is 2.19. The highest BCUT2D eigenvalue weighted by molar-refractivity contribution is 6.01. The summed E-state index contributed by atoms with van der Waals surface area (Å²) in [4.78, 5) is 15.9. The zero-order chi connectivity index (χ0) is 18.7. The molecule has 0 aliphatic rings. The SMILES string of the molecule is COc1nccc(Nc2cccc(-c3ccn(C)n3)c2OC)c1C(N)=O. The summed E-state index contributed by atoms with van der Waals surface area (Å²) in [5.41, 5.74) is 8.39. The highest BCUT2D eigenvalue weighted by atomic mass is 16.5. The van der Waals surface area contributed by atoms with Crippen LogP contribution < -0.4 is 20.5 Å². The highest BCUT2D eigenvalue weighted by Crippen LogP contribution is 2.38. The second-order valence-corrected chi connectivity index (χ2v) is 5.49. The van der Waals surface area contributed by atoms with E-state index in [1.165, 1.54) is 13.3 Å². The van der Waals surface area contributed by atoms with Gasteiger partial charge in [0.05, 0.1) is 31.3 Å². The number of carbonyl (C=O) groups excluding carboxylic acids is 1. The average Bonchev–Trinajstić information content (AvgIpc) is 3.07. The van der Waals surface area contributed by atoms with Crippen molar-refractivity contribution >= 4 is 17.3 Å². The number of ether oxygens (including phenoxy) is 2. The van der Waals surface area contributed by atoms with E-state index >= 15 is 0 Å². The topological polar surface area (TPSA) is 104 Å². The summed E-state index contributed by atoms with van der Waals surface area (Å²) in [6, 6.07) is 9.16. The molecule has 0 bridgehead atoms. The van der Waals surface area contributed by atoms with E-state index in [0.717, 1.165) is 11.3 Å². The summed E-state index contributed by atoms with van der Waals surface area (Å²) in [5.74, 6) is 0.108. The van der Waals surface area contributed by atoms with E-state index in [2.05, 4.69) is 15.4 Å². The molecule has 0 spiro atoms. The molecule has 0 atom stereocenters. The van der Waals surface area contributed by atoms with Crippen LogP contribution in [0.1, 0.15) is 10.4 Å². The summed E-state index contributed by atoms with van der Waals surface area (Å²) in [6.45, 7) is 0. The summed E-state index contributed by atoms with van der Waals surface area (Å²) in [6.07, 6.45) is 3.39. The molecule has 3 rings (SSSR count). The van der Waals surface area contributed by atoms with E-state index in [9.17, 15) is 4.79 Å². The van der Waals surface area contributed by atoms with Gasteiger partial charge in [0, 0.05) is 25.0 Å². The Hall–Kier alpha value is -3.55. The lowest BCUT2D eigenvalue weighted by Crippen LogP contribution is -2.15. The molecular formula is C18H19N5O3. The minimum atomic E-state index is -0.641. The zero-order valence-electron chi connectivity index (χ0n) is 14.7.